The molecule has 1 unspecified atom stereocenters. The summed E-state index contributed by atoms with van der Waals surface area (Å²) in [7, 11) is 3.06. The van der Waals surface area contributed by atoms with Crippen molar-refractivity contribution >= 4 is 0 Å². The predicted octanol–water partition coefficient (Wildman–Crippen LogP) is 3.22. The van der Waals surface area contributed by atoms with Gasteiger partial charge in [-0.3, -0.25) is 0 Å². The molecule has 0 radical (unpaired) electrons. The number of alkyl halides is 3. The first-order valence-electron chi connectivity index (χ1n) is 5.26. The Kier molecular flexibility index (Phi) is 4.40. The lowest BCUT2D eigenvalue weighted by Crippen LogP contribution is -2.23. The summed E-state index contributed by atoms with van der Waals surface area (Å²) in [6.45, 7) is 1.81. The van der Waals surface area contributed by atoms with Crippen LogP contribution in [0.4, 0.5) is 13.2 Å². The first-order valence-corrected chi connectivity index (χ1v) is 5.26. The van der Waals surface area contributed by atoms with Gasteiger partial charge in [0.15, 0.2) is 0 Å². The molecular formula is C12H16F3NO. The van der Waals surface area contributed by atoms with Crippen molar-refractivity contribution in [1.82, 2.24) is 5.32 Å². The molecule has 96 valence electrons. The number of nitrogens with one attached hydrogen (secondary N) is 1. The van der Waals surface area contributed by atoms with Crippen molar-refractivity contribution in [2.24, 2.45) is 0 Å². The monoisotopic (exact) mass is 247 g/mol. The SMILES string of the molecule is CNC(CC(F)(F)F)c1ccc(OC)c(C)c1. The van der Waals surface area contributed by atoms with E-state index in [2.05, 4.69) is 5.32 Å². The molecule has 0 spiro atoms. The Balaban J connectivity index is 2.93. The minimum atomic E-state index is -4.18. The topological polar surface area (TPSA) is 21.3 Å². The van der Waals surface area contributed by atoms with Crippen molar-refractivity contribution in [1.29, 1.82) is 0 Å². The van der Waals surface area contributed by atoms with E-state index >= 15 is 0 Å². The fourth-order valence-electron chi connectivity index (χ4n) is 1.74. The van der Waals surface area contributed by atoms with Gasteiger partial charge in [0, 0.05) is 6.04 Å². The molecule has 1 aromatic rings. The zero-order chi connectivity index (χ0) is 13.1. The third-order valence-electron chi connectivity index (χ3n) is 2.61. The molecule has 1 N–H and O–H groups in total. The predicted molar refractivity (Wildman–Crippen MR) is 60.2 cm³/mol. The summed E-state index contributed by atoms with van der Waals surface area (Å²) in [6, 6.07) is 4.33. The molecule has 0 aliphatic carbocycles. The van der Waals surface area contributed by atoms with Crippen LogP contribution >= 0.6 is 0 Å². The maximum absolute atomic E-state index is 12.4. The number of ether oxygens (including phenoxy) is 1. The van der Waals surface area contributed by atoms with Crippen molar-refractivity contribution in [3.63, 3.8) is 0 Å². The van der Waals surface area contributed by atoms with E-state index in [-0.39, 0.29) is 0 Å². The third kappa shape index (κ3) is 3.93. The number of hydrogen-bond donors (Lipinski definition) is 1. The van der Waals surface area contributed by atoms with E-state index in [0.717, 1.165) is 5.56 Å². The molecule has 0 fully saturated rings. The molecule has 0 heterocycles. The van der Waals surface area contributed by atoms with Crippen LogP contribution in [0.5, 0.6) is 5.75 Å². The molecule has 2 nitrogen and oxygen atoms in total. The normalized spacial score (nSPS) is 13.5. The van der Waals surface area contributed by atoms with Gasteiger partial charge in [-0.25, -0.2) is 0 Å². The molecule has 5 heteroatoms. The second kappa shape index (κ2) is 5.40. The first kappa shape index (κ1) is 13.8. The van der Waals surface area contributed by atoms with Crippen LogP contribution in [-0.2, 0) is 0 Å². The third-order valence-corrected chi connectivity index (χ3v) is 2.61. The molecule has 0 saturated heterocycles. The largest absolute Gasteiger partial charge is 0.496 e. The Morgan fingerprint density at radius 2 is 2.00 bits per heavy atom. The van der Waals surface area contributed by atoms with Crippen molar-refractivity contribution in [2.45, 2.75) is 25.6 Å². The maximum atomic E-state index is 12.4. The Hall–Kier alpha value is -1.23. The van der Waals surface area contributed by atoms with Crippen molar-refractivity contribution < 1.29 is 17.9 Å². The lowest BCUT2D eigenvalue weighted by atomic mass is 10.0. The standard InChI is InChI=1S/C12H16F3NO/c1-8-6-9(4-5-11(8)17-3)10(16-2)7-12(13,14)15/h4-6,10,16H,7H2,1-3H3. The van der Waals surface area contributed by atoms with Crippen LogP contribution in [0.3, 0.4) is 0 Å². The molecule has 0 aliphatic heterocycles. The minimum absolute atomic E-state index is 0.614. The van der Waals surface area contributed by atoms with E-state index in [1.54, 1.807) is 18.2 Å². The second-order valence-corrected chi connectivity index (χ2v) is 3.89. The summed E-state index contributed by atoms with van der Waals surface area (Å²) in [6.07, 6.45) is -5.06. The van der Waals surface area contributed by atoms with Crippen LogP contribution in [0, 0.1) is 6.92 Å². The molecule has 1 rings (SSSR count). The summed E-state index contributed by atoms with van der Waals surface area (Å²) in [4.78, 5) is 0. The fourth-order valence-corrected chi connectivity index (χ4v) is 1.74. The zero-order valence-corrected chi connectivity index (χ0v) is 10.1. The molecule has 0 aromatic heterocycles. The van der Waals surface area contributed by atoms with Crippen LogP contribution in [0.1, 0.15) is 23.6 Å². The number of rotatable bonds is 4. The Bertz CT molecular complexity index is 377. The zero-order valence-electron chi connectivity index (χ0n) is 10.1. The number of hydrogen-bond acceptors (Lipinski definition) is 2. The fraction of sp³-hybridized carbons (Fsp3) is 0.500. The highest BCUT2D eigenvalue weighted by molar-refractivity contribution is 5.37. The average Bonchev–Trinajstić information content (AvgIpc) is 2.24. The minimum Gasteiger partial charge on any atom is -0.496 e. The molecule has 0 bridgehead atoms. The molecule has 1 atom stereocenters. The van der Waals surface area contributed by atoms with Crippen molar-refractivity contribution in [3.8, 4) is 5.75 Å². The summed E-state index contributed by atoms with van der Waals surface area (Å²) in [5, 5.41) is 2.68. The van der Waals surface area contributed by atoms with Crippen LogP contribution < -0.4 is 10.1 Å². The maximum Gasteiger partial charge on any atom is 0.390 e. The Labute approximate surface area is 98.8 Å². The second-order valence-electron chi connectivity index (χ2n) is 3.89. The van der Waals surface area contributed by atoms with E-state index < -0.39 is 18.6 Å². The molecule has 0 saturated carbocycles. The van der Waals surface area contributed by atoms with Gasteiger partial charge in [0.2, 0.25) is 0 Å². The molecule has 1 aromatic carbocycles. The number of halogens is 3. The lowest BCUT2D eigenvalue weighted by molar-refractivity contribution is -0.140. The van der Waals surface area contributed by atoms with Gasteiger partial charge < -0.3 is 10.1 Å². The molecule has 0 amide bonds. The highest BCUT2D eigenvalue weighted by Gasteiger charge is 2.32. The van der Waals surface area contributed by atoms with Crippen LogP contribution in [0.15, 0.2) is 18.2 Å². The molecule has 0 aliphatic rings. The van der Waals surface area contributed by atoms with E-state index in [1.807, 2.05) is 6.92 Å². The van der Waals surface area contributed by atoms with Crippen LogP contribution in [0.2, 0.25) is 0 Å². The van der Waals surface area contributed by atoms with E-state index in [0.29, 0.717) is 11.3 Å². The van der Waals surface area contributed by atoms with E-state index in [1.165, 1.54) is 14.2 Å². The van der Waals surface area contributed by atoms with Crippen molar-refractivity contribution in [2.75, 3.05) is 14.2 Å². The summed E-state index contributed by atoms with van der Waals surface area (Å²) in [5.74, 6) is 0.676. The van der Waals surface area contributed by atoms with Gasteiger partial charge in [0.1, 0.15) is 5.75 Å². The van der Waals surface area contributed by atoms with Gasteiger partial charge in [-0.05, 0) is 31.2 Å². The van der Waals surface area contributed by atoms with Gasteiger partial charge in [-0.1, -0.05) is 12.1 Å². The van der Waals surface area contributed by atoms with Gasteiger partial charge in [0.25, 0.3) is 0 Å². The highest BCUT2D eigenvalue weighted by Crippen LogP contribution is 2.31. The van der Waals surface area contributed by atoms with Gasteiger partial charge in [-0.2, -0.15) is 13.2 Å². The number of methoxy groups -OCH3 is 1. The highest BCUT2D eigenvalue weighted by atomic mass is 19.4. The van der Waals surface area contributed by atoms with E-state index in [4.69, 9.17) is 4.74 Å². The van der Waals surface area contributed by atoms with Gasteiger partial charge >= 0.3 is 6.18 Å². The Morgan fingerprint density at radius 3 is 2.41 bits per heavy atom. The average molecular weight is 247 g/mol. The summed E-state index contributed by atoms with van der Waals surface area (Å²) < 4.78 is 42.2. The van der Waals surface area contributed by atoms with E-state index in [9.17, 15) is 13.2 Å². The quantitative estimate of drug-likeness (QED) is 0.882. The first-order chi connectivity index (χ1) is 7.87. The number of aryl methyl sites for hydroxylation is 1. The van der Waals surface area contributed by atoms with Crippen LogP contribution in [-0.4, -0.2) is 20.3 Å². The lowest BCUT2D eigenvalue weighted by Gasteiger charge is -2.19. The van der Waals surface area contributed by atoms with Crippen molar-refractivity contribution in [3.05, 3.63) is 29.3 Å². The molecule has 17 heavy (non-hydrogen) atoms. The molecular weight excluding hydrogens is 231 g/mol. The summed E-state index contributed by atoms with van der Waals surface area (Å²) in [5.41, 5.74) is 1.44. The van der Waals surface area contributed by atoms with Crippen LogP contribution in [0.25, 0.3) is 0 Å². The van der Waals surface area contributed by atoms with Gasteiger partial charge in [0.05, 0.1) is 13.5 Å². The smallest absolute Gasteiger partial charge is 0.390 e. The number of benzene rings is 1. The van der Waals surface area contributed by atoms with Gasteiger partial charge in [-0.15, -0.1) is 0 Å². The Morgan fingerprint density at radius 1 is 1.35 bits per heavy atom. The summed E-state index contributed by atoms with van der Waals surface area (Å²) >= 11 is 0.